The summed E-state index contributed by atoms with van der Waals surface area (Å²) in [4.78, 5) is 13.0. The number of aromatic amines is 1. The van der Waals surface area contributed by atoms with E-state index >= 15 is 0 Å². The van der Waals surface area contributed by atoms with Crippen molar-refractivity contribution < 1.29 is 9.18 Å². The molecule has 31 heavy (non-hydrogen) atoms. The third kappa shape index (κ3) is 3.34. The molecule has 5 heteroatoms. The Labute approximate surface area is 178 Å². The van der Waals surface area contributed by atoms with Crippen LogP contribution in [-0.4, -0.2) is 16.0 Å². The molecule has 0 amide bonds. The Morgan fingerprint density at radius 1 is 1.03 bits per heavy atom. The summed E-state index contributed by atoms with van der Waals surface area (Å²) in [6, 6.07) is 22.5. The van der Waals surface area contributed by atoms with Crippen molar-refractivity contribution in [3.63, 3.8) is 0 Å². The molecule has 4 nitrogen and oxygen atoms in total. The van der Waals surface area contributed by atoms with Crippen molar-refractivity contribution in [1.82, 2.24) is 10.2 Å². The zero-order valence-corrected chi connectivity index (χ0v) is 16.9. The molecule has 0 aliphatic carbocycles. The number of anilines is 1. The number of hydrogen-bond acceptors (Lipinski definition) is 3. The van der Waals surface area contributed by atoms with Crippen LogP contribution in [0.25, 0.3) is 32.8 Å². The van der Waals surface area contributed by atoms with Gasteiger partial charge in [-0.1, -0.05) is 54.6 Å². The SMILES string of the molecule is Cc1cc(CC(=O)c2cccc3cc(-c4cccc5[nH]nc(N)c45)ccc23)ccc1F. The first-order valence-corrected chi connectivity index (χ1v) is 10.1. The van der Waals surface area contributed by atoms with E-state index in [1.54, 1.807) is 19.1 Å². The van der Waals surface area contributed by atoms with Crippen LogP contribution < -0.4 is 5.73 Å². The topological polar surface area (TPSA) is 71.8 Å². The number of aromatic nitrogens is 2. The first-order chi connectivity index (χ1) is 15.0. The molecule has 1 aromatic heterocycles. The highest BCUT2D eigenvalue weighted by Crippen LogP contribution is 2.33. The van der Waals surface area contributed by atoms with Crippen LogP contribution in [0.2, 0.25) is 0 Å². The maximum atomic E-state index is 13.5. The van der Waals surface area contributed by atoms with E-state index in [4.69, 9.17) is 5.73 Å². The minimum Gasteiger partial charge on any atom is -0.382 e. The highest BCUT2D eigenvalue weighted by molar-refractivity contribution is 6.10. The summed E-state index contributed by atoms with van der Waals surface area (Å²) in [7, 11) is 0. The molecule has 0 spiro atoms. The Hall–Kier alpha value is -3.99. The summed E-state index contributed by atoms with van der Waals surface area (Å²) in [6.07, 6.45) is 0.229. The molecule has 5 aromatic rings. The van der Waals surface area contributed by atoms with E-state index in [0.29, 0.717) is 16.9 Å². The molecule has 3 N–H and O–H groups in total. The van der Waals surface area contributed by atoms with Crippen molar-refractivity contribution in [3.05, 3.63) is 95.3 Å². The van der Waals surface area contributed by atoms with E-state index in [2.05, 4.69) is 16.3 Å². The fourth-order valence-corrected chi connectivity index (χ4v) is 4.13. The van der Waals surface area contributed by atoms with Gasteiger partial charge in [-0.25, -0.2) is 4.39 Å². The summed E-state index contributed by atoms with van der Waals surface area (Å²) in [5, 5.41) is 9.82. The first kappa shape index (κ1) is 19.0. The standard InChI is InChI=1S/C26H20FN3O/c1-15-12-16(8-11-22(15)27)13-24(31)21-6-2-4-17-14-18(9-10-19(17)21)20-5-3-7-23-25(20)26(28)30-29-23/h2-12,14H,13H2,1H3,(H3,28,29,30). The highest BCUT2D eigenvalue weighted by Gasteiger charge is 2.14. The zero-order chi connectivity index (χ0) is 21.5. The molecule has 0 bridgehead atoms. The molecule has 0 saturated carbocycles. The van der Waals surface area contributed by atoms with Crippen molar-refractivity contribution in [2.75, 3.05) is 5.73 Å². The van der Waals surface area contributed by atoms with Crippen molar-refractivity contribution in [2.45, 2.75) is 13.3 Å². The Balaban J connectivity index is 1.55. The number of fused-ring (bicyclic) bond motifs is 2. The maximum absolute atomic E-state index is 13.5. The van der Waals surface area contributed by atoms with Crippen LogP contribution in [0.15, 0.2) is 72.8 Å². The quantitative estimate of drug-likeness (QED) is 0.366. The van der Waals surface area contributed by atoms with Crippen molar-refractivity contribution in [2.24, 2.45) is 0 Å². The van der Waals surface area contributed by atoms with Crippen LogP contribution in [0, 0.1) is 12.7 Å². The largest absolute Gasteiger partial charge is 0.382 e. The summed E-state index contributed by atoms with van der Waals surface area (Å²) in [5.74, 6) is 0.205. The van der Waals surface area contributed by atoms with Gasteiger partial charge in [0.25, 0.3) is 0 Å². The van der Waals surface area contributed by atoms with Crippen LogP contribution in [0.4, 0.5) is 10.2 Å². The predicted octanol–water partition coefficient (Wildman–Crippen LogP) is 5.84. The molecule has 1 heterocycles. The number of benzene rings is 4. The van der Waals surface area contributed by atoms with Crippen molar-refractivity contribution in [1.29, 1.82) is 0 Å². The van der Waals surface area contributed by atoms with Gasteiger partial charge < -0.3 is 5.73 Å². The average molecular weight is 409 g/mol. The number of nitrogens with one attached hydrogen (secondary N) is 1. The first-order valence-electron chi connectivity index (χ1n) is 10.1. The molecular weight excluding hydrogens is 389 g/mol. The lowest BCUT2D eigenvalue weighted by molar-refractivity contribution is 0.0994. The van der Waals surface area contributed by atoms with Gasteiger partial charge in [-0.2, -0.15) is 5.10 Å². The number of nitrogen functional groups attached to an aromatic ring is 1. The number of halogens is 1. The number of carbonyl (C=O) groups is 1. The lowest BCUT2D eigenvalue weighted by Gasteiger charge is -2.10. The molecule has 152 valence electrons. The second kappa shape index (κ2) is 7.36. The number of carbonyl (C=O) groups excluding carboxylic acids is 1. The van der Waals surface area contributed by atoms with Gasteiger partial charge in [-0.3, -0.25) is 9.89 Å². The number of rotatable bonds is 4. The Kier molecular flexibility index (Phi) is 4.51. The molecule has 0 saturated heterocycles. The van der Waals surface area contributed by atoms with Crippen LogP contribution in [0.5, 0.6) is 0 Å². The molecule has 0 aliphatic heterocycles. The number of ketones is 1. The summed E-state index contributed by atoms with van der Waals surface area (Å²) < 4.78 is 13.5. The minimum atomic E-state index is -0.262. The lowest BCUT2D eigenvalue weighted by atomic mass is 9.93. The minimum absolute atomic E-state index is 0.00513. The van der Waals surface area contributed by atoms with E-state index in [-0.39, 0.29) is 18.0 Å². The molecular formula is C26H20FN3O. The van der Waals surface area contributed by atoms with Gasteiger partial charge in [0, 0.05) is 12.0 Å². The van der Waals surface area contributed by atoms with Gasteiger partial charge in [0.15, 0.2) is 11.6 Å². The number of nitrogens with zero attached hydrogens (tertiary/aromatic N) is 1. The Bertz CT molecular complexity index is 1470. The monoisotopic (exact) mass is 409 g/mol. The number of hydrogen-bond donors (Lipinski definition) is 2. The summed E-state index contributed by atoms with van der Waals surface area (Å²) >= 11 is 0. The Morgan fingerprint density at radius 2 is 1.87 bits per heavy atom. The molecule has 0 atom stereocenters. The second-order valence-electron chi connectivity index (χ2n) is 7.76. The van der Waals surface area contributed by atoms with Gasteiger partial charge in [0.05, 0.1) is 10.9 Å². The van der Waals surface area contributed by atoms with Gasteiger partial charge in [0.1, 0.15) is 5.82 Å². The average Bonchev–Trinajstić information content (AvgIpc) is 3.16. The van der Waals surface area contributed by atoms with Crippen LogP contribution in [0.3, 0.4) is 0 Å². The molecule has 0 fully saturated rings. The van der Waals surface area contributed by atoms with Crippen molar-refractivity contribution >= 4 is 33.3 Å². The fraction of sp³-hybridized carbons (Fsp3) is 0.0769. The van der Waals surface area contributed by atoms with Gasteiger partial charge in [-0.05, 0) is 58.1 Å². The molecule has 5 rings (SSSR count). The molecule has 0 aliphatic rings. The Morgan fingerprint density at radius 3 is 2.71 bits per heavy atom. The molecule has 0 radical (unpaired) electrons. The number of nitrogens with two attached hydrogens (primary N) is 1. The molecule has 4 aromatic carbocycles. The van der Waals surface area contributed by atoms with Crippen molar-refractivity contribution in [3.8, 4) is 11.1 Å². The van der Waals surface area contributed by atoms with E-state index in [1.165, 1.54) is 6.07 Å². The number of Topliss-reactive ketones (excluding diaryl/α,β-unsaturated/α-hetero) is 1. The third-order valence-corrected chi connectivity index (χ3v) is 5.70. The van der Waals surface area contributed by atoms with Crippen LogP contribution in [0.1, 0.15) is 21.5 Å². The van der Waals surface area contributed by atoms with E-state index in [9.17, 15) is 9.18 Å². The van der Waals surface area contributed by atoms with Gasteiger partial charge in [0.2, 0.25) is 0 Å². The number of aryl methyl sites for hydroxylation is 1. The third-order valence-electron chi connectivity index (χ3n) is 5.70. The zero-order valence-electron chi connectivity index (χ0n) is 16.9. The van der Waals surface area contributed by atoms with Crippen LogP contribution >= 0.6 is 0 Å². The predicted molar refractivity (Wildman–Crippen MR) is 123 cm³/mol. The second-order valence-corrected chi connectivity index (χ2v) is 7.76. The highest BCUT2D eigenvalue weighted by atomic mass is 19.1. The van der Waals surface area contributed by atoms with Crippen LogP contribution in [-0.2, 0) is 6.42 Å². The lowest BCUT2D eigenvalue weighted by Crippen LogP contribution is -2.05. The van der Waals surface area contributed by atoms with E-state index in [0.717, 1.165) is 38.4 Å². The van der Waals surface area contributed by atoms with Gasteiger partial charge >= 0.3 is 0 Å². The van der Waals surface area contributed by atoms with Gasteiger partial charge in [-0.15, -0.1) is 0 Å². The number of H-pyrrole nitrogens is 1. The van der Waals surface area contributed by atoms with E-state index in [1.807, 2.05) is 48.5 Å². The normalized spacial score (nSPS) is 11.3. The fourth-order valence-electron chi connectivity index (χ4n) is 4.13. The smallest absolute Gasteiger partial charge is 0.167 e. The summed E-state index contributed by atoms with van der Waals surface area (Å²) in [5.41, 5.74) is 11.0. The molecule has 0 unspecified atom stereocenters. The van der Waals surface area contributed by atoms with E-state index < -0.39 is 0 Å². The maximum Gasteiger partial charge on any atom is 0.167 e. The summed E-state index contributed by atoms with van der Waals surface area (Å²) in [6.45, 7) is 1.70.